The van der Waals surface area contributed by atoms with Gasteiger partial charge in [-0.3, -0.25) is 4.79 Å². The van der Waals surface area contributed by atoms with Gasteiger partial charge in [0.1, 0.15) is 11.6 Å². The van der Waals surface area contributed by atoms with Gasteiger partial charge < -0.3 is 0 Å². The predicted molar refractivity (Wildman–Crippen MR) is 66.8 cm³/mol. The van der Waals surface area contributed by atoms with Crippen molar-refractivity contribution < 1.29 is 13.6 Å². The monoisotopic (exact) mass is 336 g/mol. The molecule has 0 radical (unpaired) electrons. The molecule has 0 bridgehead atoms. The molecule has 0 aliphatic rings. The van der Waals surface area contributed by atoms with Crippen molar-refractivity contribution in [3.8, 4) is 0 Å². The number of benzene rings is 1. The normalized spacial score (nSPS) is 10.6. The van der Waals surface area contributed by atoms with Gasteiger partial charge in [-0.25, -0.2) is 8.78 Å². The fourth-order valence-electron chi connectivity index (χ4n) is 1.26. The molecule has 0 atom stereocenters. The molecular weight excluding hydrogens is 334 g/mol. The molecule has 0 spiro atoms. The van der Waals surface area contributed by atoms with Crippen molar-refractivity contribution in [2.75, 3.05) is 0 Å². The molecule has 0 saturated carbocycles. The Hall–Kier alpha value is -0.780. The third kappa shape index (κ3) is 2.56. The van der Waals surface area contributed by atoms with E-state index in [0.29, 0.717) is 19.8 Å². The second kappa shape index (κ2) is 4.84. The Kier molecular flexibility index (Phi) is 3.61. The summed E-state index contributed by atoms with van der Waals surface area (Å²) >= 11 is 10.1. The molecule has 1 aromatic heterocycles. The zero-order valence-corrected chi connectivity index (χ0v) is 11.3. The molecular formula is C11H4BrClF2OS. The van der Waals surface area contributed by atoms with Gasteiger partial charge in [0, 0.05) is 6.07 Å². The number of halogens is 4. The first-order valence-corrected chi connectivity index (χ1v) is 6.42. The highest BCUT2D eigenvalue weighted by Crippen LogP contribution is 2.33. The lowest BCUT2D eigenvalue weighted by atomic mass is 10.1. The molecule has 6 heteroatoms. The third-order valence-electron chi connectivity index (χ3n) is 2.04. The topological polar surface area (TPSA) is 17.1 Å². The smallest absolute Gasteiger partial charge is 0.205 e. The number of hydrogen-bond donors (Lipinski definition) is 0. The van der Waals surface area contributed by atoms with Crippen LogP contribution in [0.1, 0.15) is 15.2 Å². The Balaban J connectivity index is 2.43. The van der Waals surface area contributed by atoms with Crippen LogP contribution >= 0.6 is 38.9 Å². The van der Waals surface area contributed by atoms with E-state index in [2.05, 4.69) is 15.9 Å². The van der Waals surface area contributed by atoms with E-state index in [1.54, 1.807) is 0 Å². The van der Waals surface area contributed by atoms with Crippen LogP contribution in [-0.4, -0.2) is 5.78 Å². The largest absolute Gasteiger partial charge is 0.288 e. The second-order valence-corrected chi connectivity index (χ2v) is 5.96. The molecule has 2 rings (SSSR count). The van der Waals surface area contributed by atoms with Crippen LogP contribution in [0.2, 0.25) is 5.02 Å². The highest BCUT2D eigenvalue weighted by Gasteiger charge is 2.18. The minimum atomic E-state index is -0.879. The summed E-state index contributed by atoms with van der Waals surface area (Å²) in [5.74, 6) is -2.11. The standard InChI is InChI=1S/C11H4BrClF2OS/c12-11-7(13)4-9(17-11)10(16)6-2-1-5(14)3-8(6)15/h1-4H. The predicted octanol–water partition coefficient (Wildman–Crippen LogP) is 4.67. The molecule has 0 aliphatic carbocycles. The lowest BCUT2D eigenvalue weighted by Crippen LogP contribution is -2.02. The van der Waals surface area contributed by atoms with Gasteiger partial charge in [-0.2, -0.15) is 0 Å². The van der Waals surface area contributed by atoms with Crippen LogP contribution in [0, 0.1) is 11.6 Å². The molecule has 1 heterocycles. The summed E-state index contributed by atoms with van der Waals surface area (Å²) in [5, 5.41) is 0.390. The Labute approximate surface area is 113 Å². The van der Waals surface area contributed by atoms with Gasteiger partial charge >= 0.3 is 0 Å². The molecule has 0 fully saturated rings. The van der Waals surface area contributed by atoms with E-state index in [1.165, 1.54) is 6.07 Å². The molecule has 0 amide bonds. The van der Waals surface area contributed by atoms with Crippen molar-refractivity contribution in [3.63, 3.8) is 0 Å². The van der Waals surface area contributed by atoms with Crippen LogP contribution in [0.5, 0.6) is 0 Å². The van der Waals surface area contributed by atoms with E-state index in [0.717, 1.165) is 23.5 Å². The molecule has 0 N–H and O–H groups in total. The quantitative estimate of drug-likeness (QED) is 0.728. The molecule has 0 aliphatic heterocycles. The van der Waals surface area contributed by atoms with Gasteiger partial charge in [0.05, 0.1) is 19.2 Å². The van der Waals surface area contributed by atoms with E-state index in [9.17, 15) is 13.6 Å². The van der Waals surface area contributed by atoms with E-state index in [1.807, 2.05) is 0 Å². The van der Waals surface area contributed by atoms with E-state index in [4.69, 9.17) is 11.6 Å². The van der Waals surface area contributed by atoms with Crippen molar-refractivity contribution >= 4 is 44.7 Å². The summed E-state index contributed by atoms with van der Waals surface area (Å²) < 4.78 is 26.7. The number of rotatable bonds is 2. The molecule has 17 heavy (non-hydrogen) atoms. The fourth-order valence-corrected chi connectivity index (χ4v) is 2.92. The van der Waals surface area contributed by atoms with Crippen molar-refractivity contribution in [2.24, 2.45) is 0 Å². The molecule has 2 aromatic rings. The lowest BCUT2D eigenvalue weighted by Gasteiger charge is -1.99. The fraction of sp³-hybridized carbons (Fsp3) is 0. The Morgan fingerprint density at radius 1 is 1.29 bits per heavy atom. The Morgan fingerprint density at radius 2 is 2.00 bits per heavy atom. The number of hydrogen-bond acceptors (Lipinski definition) is 2. The number of carbonyl (C=O) groups excluding carboxylic acids is 1. The summed E-state index contributed by atoms with van der Waals surface area (Å²) in [6.45, 7) is 0. The maximum atomic E-state index is 13.4. The summed E-state index contributed by atoms with van der Waals surface area (Å²) in [4.78, 5) is 12.2. The minimum absolute atomic E-state index is 0.170. The SMILES string of the molecule is O=C(c1cc(Cl)c(Br)s1)c1ccc(F)cc1F. The van der Waals surface area contributed by atoms with Crippen molar-refractivity contribution in [3.05, 3.63) is 55.1 Å². The first kappa shape index (κ1) is 12.7. The minimum Gasteiger partial charge on any atom is -0.288 e. The molecule has 1 aromatic carbocycles. The summed E-state index contributed by atoms with van der Waals surface area (Å²) in [6, 6.07) is 4.29. The number of carbonyl (C=O) groups is 1. The van der Waals surface area contributed by atoms with Crippen LogP contribution in [0.4, 0.5) is 8.78 Å². The molecule has 1 nitrogen and oxygen atoms in total. The first-order chi connectivity index (χ1) is 7.99. The van der Waals surface area contributed by atoms with Crippen LogP contribution < -0.4 is 0 Å². The van der Waals surface area contributed by atoms with E-state index < -0.39 is 17.4 Å². The number of thiophene rings is 1. The lowest BCUT2D eigenvalue weighted by molar-refractivity contribution is 0.103. The molecule has 88 valence electrons. The highest BCUT2D eigenvalue weighted by atomic mass is 79.9. The van der Waals surface area contributed by atoms with Crippen molar-refractivity contribution in [2.45, 2.75) is 0 Å². The average Bonchev–Trinajstić information content (AvgIpc) is 2.58. The van der Waals surface area contributed by atoms with Gasteiger partial charge in [0.2, 0.25) is 5.78 Å². The average molecular weight is 338 g/mol. The Morgan fingerprint density at radius 3 is 2.53 bits per heavy atom. The highest BCUT2D eigenvalue weighted by molar-refractivity contribution is 9.11. The third-order valence-corrected chi connectivity index (χ3v) is 4.52. The zero-order chi connectivity index (χ0) is 12.6. The van der Waals surface area contributed by atoms with Crippen LogP contribution in [0.15, 0.2) is 28.1 Å². The maximum Gasteiger partial charge on any atom is 0.205 e. The zero-order valence-electron chi connectivity index (χ0n) is 8.14. The van der Waals surface area contributed by atoms with Crippen LogP contribution in [0.25, 0.3) is 0 Å². The molecule has 0 unspecified atom stereocenters. The van der Waals surface area contributed by atoms with Crippen LogP contribution in [0.3, 0.4) is 0 Å². The van der Waals surface area contributed by atoms with E-state index in [-0.39, 0.29) is 5.56 Å². The maximum absolute atomic E-state index is 13.4. The number of ketones is 1. The second-order valence-electron chi connectivity index (χ2n) is 3.19. The van der Waals surface area contributed by atoms with Gasteiger partial charge in [0.15, 0.2) is 0 Å². The van der Waals surface area contributed by atoms with Gasteiger partial charge in [-0.15, -0.1) is 11.3 Å². The summed E-state index contributed by atoms with van der Waals surface area (Å²) in [7, 11) is 0. The summed E-state index contributed by atoms with van der Waals surface area (Å²) in [6.07, 6.45) is 0. The van der Waals surface area contributed by atoms with Gasteiger partial charge in [-0.05, 0) is 34.1 Å². The Bertz CT molecular complexity index is 578. The molecule has 0 saturated heterocycles. The first-order valence-electron chi connectivity index (χ1n) is 4.43. The van der Waals surface area contributed by atoms with Gasteiger partial charge in [0.25, 0.3) is 0 Å². The van der Waals surface area contributed by atoms with Gasteiger partial charge in [-0.1, -0.05) is 11.6 Å². The van der Waals surface area contributed by atoms with Crippen molar-refractivity contribution in [1.29, 1.82) is 0 Å². The summed E-state index contributed by atoms with van der Waals surface area (Å²) in [5.41, 5.74) is -0.170. The van der Waals surface area contributed by atoms with E-state index >= 15 is 0 Å². The van der Waals surface area contributed by atoms with Crippen molar-refractivity contribution in [1.82, 2.24) is 0 Å². The van der Waals surface area contributed by atoms with Crippen LogP contribution in [-0.2, 0) is 0 Å².